The van der Waals surface area contributed by atoms with Crippen molar-refractivity contribution in [3.63, 3.8) is 0 Å². The first-order chi connectivity index (χ1) is 8.85. The van der Waals surface area contributed by atoms with E-state index >= 15 is 0 Å². The SMILES string of the molecule is CCC(Cc1ccccc1)N1CCCC1CNC. The summed E-state index contributed by atoms with van der Waals surface area (Å²) in [6.45, 7) is 4.73. The lowest BCUT2D eigenvalue weighted by atomic mass is 10.0. The van der Waals surface area contributed by atoms with Gasteiger partial charge in [-0.25, -0.2) is 0 Å². The molecule has 1 N–H and O–H groups in total. The normalized spacial score (nSPS) is 22.2. The standard InChI is InChI=1S/C16H26N2/c1-3-15(12-14-8-5-4-6-9-14)18-11-7-10-16(18)13-17-2/h4-6,8-9,15-17H,3,7,10-13H2,1-2H3. The summed E-state index contributed by atoms with van der Waals surface area (Å²) >= 11 is 0. The van der Waals surface area contributed by atoms with Crippen LogP contribution in [0.15, 0.2) is 30.3 Å². The molecule has 1 heterocycles. The van der Waals surface area contributed by atoms with Crippen LogP contribution in [0.4, 0.5) is 0 Å². The molecule has 18 heavy (non-hydrogen) atoms. The lowest BCUT2D eigenvalue weighted by molar-refractivity contribution is 0.172. The van der Waals surface area contributed by atoms with E-state index < -0.39 is 0 Å². The van der Waals surface area contributed by atoms with Crippen molar-refractivity contribution in [3.05, 3.63) is 35.9 Å². The summed E-state index contributed by atoms with van der Waals surface area (Å²) in [5.74, 6) is 0. The average Bonchev–Trinajstić information content (AvgIpc) is 2.86. The summed E-state index contributed by atoms with van der Waals surface area (Å²) in [7, 11) is 2.06. The molecule has 1 fully saturated rings. The second kappa shape index (κ2) is 6.91. The van der Waals surface area contributed by atoms with Gasteiger partial charge in [0.05, 0.1) is 0 Å². The van der Waals surface area contributed by atoms with Crippen LogP contribution in [-0.2, 0) is 6.42 Å². The van der Waals surface area contributed by atoms with Gasteiger partial charge in [-0.05, 0) is 44.8 Å². The van der Waals surface area contributed by atoms with Crippen molar-refractivity contribution >= 4 is 0 Å². The van der Waals surface area contributed by atoms with Gasteiger partial charge in [0, 0.05) is 18.6 Å². The molecule has 1 aromatic rings. The molecule has 0 saturated carbocycles. The van der Waals surface area contributed by atoms with Gasteiger partial charge in [0.2, 0.25) is 0 Å². The third kappa shape index (κ3) is 3.33. The van der Waals surface area contributed by atoms with E-state index in [1.807, 2.05) is 0 Å². The first-order valence-corrected chi connectivity index (χ1v) is 7.29. The lowest BCUT2D eigenvalue weighted by Crippen LogP contribution is -2.44. The number of likely N-dealkylation sites (tertiary alicyclic amines) is 1. The van der Waals surface area contributed by atoms with Crippen molar-refractivity contribution in [2.75, 3.05) is 20.1 Å². The van der Waals surface area contributed by atoms with Crippen molar-refractivity contribution in [1.29, 1.82) is 0 Å². The van der Waals surface area contributed by atoms with E-state index in [-0.39, 0.29) is 0 Å². The molecule has 1 aromatic carbocycles. The number of rotatable bonds is 6. The molecule has 2 heteroatoms. The minimum Gasteiger partial charge on any atom is -0.318 e. The Morgan fingerprint density at radius 3 is 2.78 bits per heavy atom. The topological polar surface area (TPSA) is 15.3 Å². The Balaban J connectivity index is 1.99. The molecule has 2 atom stereocenters. The van der Waals surface area contributed by atoms with Crippen LogP contribution in [-0.4, -0.2) is 37.1 Å². The molecule has 100 valence electrons. The van der Waals surface area contributed by atoms with Crippen molar-refractivity contribution < 1.29 is 0 Å². The average molecular weight is 246 g/mol. The van der Waals surface area contributed by atoms with Gasteiger partial charge in [0.1, 0.15) is 0 Å². The van der Waals surface area contributed by atoms with Crippen LogP contribution >= 0.6 is 0 Å². The van der Waals surface area contributed by atoms with Gasteiger partial charge in [-0.3, -0.25) is 4.90 Å². The second-order valence-electron chi connectivity index (χ2n) is 5.34. The molecule has 1 aliphatic heterocycles. The maximum Gasteiger partial charge on any atom is 0.0224 e. The largest absolute Gasteiger partial charge is 0.318 e. The Hall–Kier alpha value is -0.860. The molecule has 1 saturated heterocycles. The molecule has 2 nitrogen and oxygen atoms in total. The zero-order valence-corrected chi connectivity index (χ0v) is 11.7. The first kappa shape index (κ1) is 13.6. The third-order valence-electron chi connectivity index (χ3n) is 4.12. The van der Waals surface area contributed by atoms with E-state index in [9.17, 15) is 0 Å². The Bertz CT molecular complexity index is 336. The Morgan fingerprint density at radius 2 is 2.11 bits per heavy atom. The monoisotopic (exact) mass is 246 g/mol. The van der Waals surface area contributed by atoms with Crippen LogP contribution in [0.2, 0.25) is 0 Å². The fourth-order valence-corrected chi connectivity index (χ4v) is 3.18. The lowest BCUT2D eigenvalue weighted by Gasteiger charge is -2.32. The molecule has 0 spiro atoms. The predicted octanol–water partition coefficient (Wildman–Crippen LogP) is 2.69. The first-order valence-electron chi connectivity index (χ1n) is 7.29. The van der Waals surface area contributed by atoms with Gasteiger partial charge >= 0.3 is 0 Å². The molecule has 0 aromatic heterocycles. The van der Waals surface area contributed by atoms with E-state index in [1.165, 1.54) is 37.8 Å². The highest BCUT2D eigenvalue weighted by Gasteiger charge is 2.29. The van der Waals surface area contributed by atoms with Gasteiger partial charge in [0.15, 0.2) is 0 Å². The summed E-state index contributed by atoms with van der Waals surface area (Å²) in [6, 6.07) is 12.4. The molecule has 2 rings (SSSR count). The van der Waals surface area contributed by atoms with E-state index in [2.05, 4.69) is 54.5 Å². The number of hydrogen-bond acceptors (Lipinski definition) is 2. The molecule has 0 aliphatic carbocycles. The zero-order chi connectivity index (χ0) is 12.8. The van der Waals surface area contributed by atoms with Crippen molar-refractivity contribution in [1.82, 2.24) is 10.2 Å². The van der Waals surface area contributed by atoms with Crippen LogP contribution < -0.4 is 5.32 Å². The van der Waals surface area contributed by atoms with Crippen LogP contribution in [0.3, 0.4) is 0 Å². The third-order valence-corrected chi connectivity index (χ3v) is 4.12. The maximum atomic E-state index is 3.34. The smallest absolute Gasteiger partial charge is 0.0224 e. The molecule has 0 bridgehead atoms. The highest BCUT2D eigenvalue weighted by atomic mass is 15.2. The quantitative estimate of drug-likeness (QED) is 0.830. The van der Waals surface area contributed by atoms with Gasteiger partial charge in [-0.1, -0.05) is 37.3 Å². The fourth-order valence-electron chi connectivity index (χ4n) is 3.18. The number of nitrogens with zero attached hydrogens (tertiary/aromatic N) is 1. The summed E-state index contributed by atoms with van der Waals surface area (Å²) in [6.07, 6.45) is 5.15. The molecule has 2 unspecified atom stereocenters. The van der Waals surface area contributed by atoms with Crippen molar-refractivity contribution in [2.45, 2.75) is 44.7 Å². The summed E-state index contributed by atoms with van der Waals surface area (Å²) in [4.78, 5) is 2.73. The second-order valence-corrected chi connectivity index (χ2v) is 5.34. The number of hydrogen-bond donors (Lipinski definition) is 1. The van der Waals surface area contributed by atoms with Gasteiger partial charge in [-0.15, -0.1) is 0 Å². The Labute approximate surface area is 111 Å². The van der Waals surface area contributed by atoms with Gasteiger partial charge in [0.25, 0.3) is 0 Å². The fraction of sp³-hybridized carbons (Fsp3) is 0.625. The van der Waals surface area contributed by atoms with E-state index in [0.29, 0.717) is 6.04 Å². The zero-order valence-electron chi connectivity index (χ0n) is 11.7. The molecule has 1 aliphatic rings. The number of likely N-dealkylation sites (N-methyl/N-ethyl adjacent to an activating group) is 1. The number of benzene rings is 1. The number of nitrogens with one attached hydrogen (secondary N) is 1. The molecule has 0 amide bonds. The van der Waals surface area contributed by atoms with Crippen LogP contribution in [0.25, 0.3) is 0 Å². The van der Waals surface area contributed by atoms with E-state index in [1.54, 1.807) is 0 Å². The van der Waals surface area contributed by atoms with Crippen molar-refractivity contribution in [2.24, 2.45) is 0 Å². The predicted molar refractivity (Wildman–Crippen MR) is 77.9 cm³/mol. The highest BCUT2D eigenvalue weighted by molar-refractivity contribution is 5.16. The van der Waals surface area contributed by atoms with E-state index in [0.717, 1.165) is 12.6 Å². The van der Waals surface area contributed by atoms with Crippen molar-refractivity contribution in [3.8, 4) is 0 Å². The summed E-state index contributed by atoms with van der Waals surface area (Å²) < 4.78 is 0. The van der Waals surface area contributed by atoms with Crippen LogP contribution in [0.5, 0.6) is 0 Å². The molecular weight excluding hydrogens is 220 g/mol. The minimum absolute atomic E-state index is 0.702. The summed E-state index contributed by atoms with van der Waals surface area (Å²) in [5, 5.41) is 3.34. The minimum atomic E-state index is 0.702. The molecular formula is C16H26N2. The van der Waals surface area contributed by atoms with Crippen LogP contribution in [0.1, 0.15) is 31.7 Å². The Kier molecular flexibility index (Phi) is 5.21. The maximum absolute atomic E-state index is 3.34. The van der Waals surface area contributed by atoms with Crippen LogP contribution in [0, 0.1) is 0 Å². The van der Waals surface area contributed by atoms with Gasteiger partial charge in [-0.2, -0.15) is 0 Å². The van der Waals surface area contributed by atoms with Gasteiger partial charge < -0.3 is 5.32 Å². The highest BCUT2D eigenvalue weighted by Crippen LogP contribution is 2.23. The Morgan fingerprint density at radius 1 is 1.33 bits per heavy atom. The summed E-state index contributed by atoms with van der Waals surface area (Å²) in [5.41, 5.74) is 1.47. The molecule has 0 radical (unpaired) electrons. The van der Waals surface area contributed by atoms with E-state index in [4.69, 9.17) is 0 Å².